The zero-order chi connectivity index (χ0) is 19.3. The van der Waals surface area contributed by atoms with Crippen molar-refractivity contribution in [2.45, 2.75) is 39.7 Å². The summed E-state index contributed by atoms with van der Waals surface area (Å²) in [7, 11) is 0. The second-order valence-electron chi connectivity index (χ2n) is 6.41. The van der Waals surface area contributed by atoms with Crippen LogP contribution in [0.5, 0.6) is 5.75 Å². The topological polar surface area (TPSA) is 106 Å². The fourth-order valence-corrected chi connectivity index (χ4v) is 2.65. The van der Waals surface area contributed by atoms with Crippen molar-refractivity contribution in [1.29, 1.82) is 0 Å². The molecule has 0 aliphatic carbocycles. The van der Waals surface area contributed by atoms with Gasteiger partial charge in [-0.2, -0.15) is 0 Å². The Bertz CT molecular complexity index is 855. The standard InChI is InChI=1S/C19H23NO6/c1-4-5-12-8-17(22)26-15-9-13(6-7-14(12)15)25-10-16(21)20-18(11(2)3)19(23)24/h6-9,11,18H,4-5,10H2,1-3H3,(H,20,21)(H,23,24)/t18-/m1/s1. The third-order valence-electron chi connectivity index (χ3n) is 3.94. The first-order valence-electron chi connectivity index (χ1n) is 8.53. The lowest BCUT2D eigenvalue weighted by Crippen LogP contribution is -2.46. The summed E-state index contributed by atoms with van der Waals surface area (Å²) in [6.45, 7) is 5.11. The fourth-order valence-electron chi connectivity index (χ4n) is 2.65. The molecule has 0 unspecified atom stereocenters. The Hall–Kier alpha value is -2.83. The van der Waals surface area contributed by atoms with E-state index >= 15 is 0 Å². The smallest absolute Gasteiger partial charge is 0.336 e. The number of carboxylic acids is 1. The summed E-state index contributed by atoms with van der Waals surface area (Å²) in [5.74, 6) is -1.51. The van der Waals surface area contributed by atoms with E-state index in [-0.39, 0.29) is 12.5 Å². The molecule has 140 valence electrons. The van der Waals surface area contributed by atoms with Crippen LogP contribution >= 0.6 is 0 Å². The van der Waals surface area contributed by atoms with Crippen LogP contribution in [0.1, 0.15) is 32.8 Å². The van der Waals surface area contributed by atoms with Gasteiger partial charge in [-0.1, -0.05) is 27.2 Å². The van der Waals surface area contributed by atoms with E-state index in [2.05, 4.69) is 5.32 Å². The summed E-state index contributed by atoms with van der Waals surface area (Å²) >= 11 is 0. The average Bonchev–Trinajstić information content (AvgIpc) is 2.57. The maximum Gasteiger partial charge on any atom is 0.336 e. The van der Waals surface area contributed by atoms with Gasteiger partial charge >= 0.3 is 11.6 Å². The third kappa shape index (κ3) is 4.84. The Morgan fingerprint density at radius 2 is 2.00 bits per heavy atom. The van der Waals surface area contributed by atoms with Crippen LogP contribution < -0.4 is 15.7 Å². The van der Waals surface area contributed by atoms with Crippen LogP contribution in [0.15, 0.2) is 33.5 Å². The van der Waals surface area contributed by atoms with Gasteiger partial charge in [0.25, 0.3) is 5.91 Å². The molecule has 1 amide bonds. The molecule has 1 atom stereocenters. The van der Waals surface area contributed by atoms with Crippen LogP contribution in [-0.2, 0) is 16.0 Å². The predicted molar refractivity (Wildman–Crippen MR) is 96.4 cm³/mol. The van der Waals surface area contributed by atoms with Crippen LogP contribution in [0.25, 0.3) is 11.0 Å². The molecular formula is C19H23NO6. The second-order valence-corrected chi connectivity index (χ2v) is 6.41. The Morgan fingerprint density at radius 1 is 1.27 bits per heavy atom. The highest BCUT2D eigenvalue weighted by Crippen LogP contribution is 2.23. The SMILES string of the molecule is CCCc1cc(=O)oc2cc(OCC(=O)N[C@@H](C(=O)O)C(C)C)ccc12. The number of rotatable bonds is 8. The van der Waals surface area contributed by atoms with Crippen molar-refractivity contribution >= 4 is 22.8 Å². The lowest BCUT2D eigenvalue weighted by molar-refractivity contribution is -0.143. The molecule has 2 N–H and O–H groups in total. The van der Waals surface area contributed by atoms with Gasteiger partial charge in [-0.25, -0.2) is 9.59 Å². The number of carbonyl (C=O) groups is 2. The van der Waals surface area contributed by atoms with Gasteiger partial charge in [0.2, 0.25) is 0 Å². The molecule has 26 heavy (non-hydrogen) atoms. The van der Waals surface area contributed by atoms with Crippen LogP contribution in [0, 0.1) is 5.92 Å². The van der Waals surface area contributed by atoms with Gasteiger partial charge in [0, 0.05) is 17.5 Å². The minimum absolute atomic E-state index is 0.247. The van der Waals surface area contributed by atoms with E-state index in [4.69, 9.17) is 14.3 Å². The van der Waals surface area contributed by atoms with Gasteiger partial charge in [-0.05, 0) is 30.0 Å². The van der Waals surface area contributed by atoms with E-state index in [0.717, 1.165) is 23.8 Å². The van der Waals surface area contributed by atoms with E-state index < -0.39 is 23.5 Å². The maximum absolute atomic E-state index is 11.9. The number of benzene rings is 1. The molecular weight excluding hydrogens is 338 g/mol. The van der Waals surface area contributed by atoms with Crippen LogP contribution in [0.3, 0.4) is 0 Å². The number of hydrogen-bond donors (Lipinski definition) is 2. The maximum atomic E-state index is 11.9. The highest BCUT2D eigenvalue weighted by molar-refractivity contribution is 5.85. The molecule has 0 aliphatic heterocycles. The van der Waals surface area contributed by atoms with Gasteiger partial charge in [0.1, 0.15) is 17.4 Å². The molecule has 0 aliphatic rings. The first-order valence-corrected chi connectivity index (χ1v) is 8.53. The number of hydrogen-bond acceptors (Lipinski definition) is 5. The van der Waals surface area contributed by atoms with Crippen LogP contribution in [-0.4, -0.2) is 29.6 Å². The quantitative estimate of drug-likeness (QED) is 0.699. The number of aliphatic carboxylic acids is 1. The lowest BCUT2D eigenvalue weighted by atomic mass is 10.1. The summed E-state index contributed by atoms with van der Waals surface area (Å²) in [5.41, 5.74) is 0.866. The van der Waals surface area contributed by atoms with E-state index in [9.17, 15) is 14.4 Å². The molecule has 7 heteroatoms. The minimum atomic E-state index is -1.09. The first-order chi connectivity index (χ1) is 12.3. The molecule has 0 bridgehead atoms. The Labute approximate surface area is 151 Å². The van der Waals surface area contributed by atoms with Gasteiger partial charge < -0.3 is 19.6 Å². The van der Waals surface area contributed by atoms with Crippen molar-refractivity contribution in [2.75, 3.05) is 6.61 Å². The molecule has 0 radical (unpaired) electrons. The third-order valence-corrected chi connectivity index (χ3v) is 3.94. The molecule has 0 saturated heterocycles. The lowest BCUT2D eigenvalue weighted by Gasteiger charge is -2.18. The van der Waals surface area contributed by atoms with Crippen molar-refractivity contribution in [3.05, 3.63) is 40.2 Å². The number of fused-ring (bicyclic) bond motifs is 1. The number of carbonyl (C=O) groups excluding carboxylic acids is 1. The van der Waals surface area contributed by atoms with Crippen LogP contribution in [0.2, 0.25) is 0 Å². The number of amides is 1. The summed E-state index contributed by atoms with van der Waals surface area (Å²) < 4.78 is 10.6. The van der Waals surface area contributed by atoms with Crippen molar-refractivity contribution in [1.82, 2.24) is 5.32 Å². The first kappa shape index (κ1) is 19.5. The molecule has 2 rings (SSSR count). The van der Waals surface area contributed by atoms with Crippen LogP contribution in [0.4, 0.5) is 0 Å². The van der Waals surface area contributed by atoms with E-state index in [1.54, 1.807) is 32.0 Å². The molecule has 0 fully saturated rings. The molecule has 2 aromatic rings. The summed E-state index contributed by atoms with van der Waals surface area (Å²) in [5, 5.41) is 12.3. The molecule has 1 aromatic carbocycles. The number of ether oxygens (including phenoxy) is 1. The van der Waals surface area contributed by atoms with Gasteiger partial charge in [0.15, 0.2) is 6.61 Å². The molecule has 7 nitrogen and oxygen atoms in total. The van der Waals surface area contributed by atoms with E-state index in [0.29, 0.717) is 11.3 Å². The number of aryl methyl sites for hydroxylation is 1. The van der Waals surface area contributed by atoms with Gasteiger partial charge in [0.05, 0.1) is 0 Å². The van der Waals surface area contributed by atoms with Crippen molar-refractivity contribution < 1.29 is 23.8 Å². The molecule has 0 spiro atoms. The van der Waals surface area contributed by atoms with Crippen molar-refractivity contribution in [3.8, 4) is 5.75 Å². The molecule has 0 saturated carbocycles. The normalized spacial score (nSPS) is 12.2. The fraction of sp³-hybridized carbons (Fsp3) is 0.421. The van der Waals surface area contributed by atoms with Gasteiger partial charge in [-0.15, -0.1) is 0 Å². The summed E-state index contributed by atoms with van der Waals surface area (Å²) in [4.78, 5) is 34.7. The van der Waals surface area contributed by atoms with Crippen molar-refractivity contribution in [3.63, 3.8) is 0 Å². The average molecular weight is 361 g/mol. The Morgan fingerprint density at radius 3 is 2.62 bits per heavy atom. The molecule has 1 heterocycles. The van der Waals surface area contributed by atoms with Gasteiger partial charge in [-0.3, -0.25) is 4.79 Å². The predicted octanol–water partition coefficient (Wildman–Crippen LogP) is 2.35. The zero-order valence-corrected chi connectivity index (χ0v) is 15.1. The molecule has 1 aromatic heterocycles. The highest BCUT2D eigenvalue weighted by atomic mass is 16.5. The highest BCUT2D eigenvalue weighted by Gasteiger charge is 2.23. The Balaban J connectivity index is 2.10. The monoisotopic (exact) mass is 361 g/mol. The zero-order valence-electron chi connectivity index (χ0n) is 15.1. The summed E-state index contributed by atoms with van der Waals surface area (Å²) in [6, 6.07) is 5.53. The van der Waals surface area contributed by atoms with Crippen molar-refractivity contribution in [2.24, 2.45) is 5.92 Å². The largest absolute Gasteiger partial charge is 0.484 e. The summed E-state index contributed by atoms with van der Waals surface area (Å²) in [6.07, 6.45) is 1.66. The van der Waals surface area contributed by atoms with E-state index in [1.807, 2.05) is 6.92 Å². The Kier molecular flexibility index (Phi) is 6.38. The number of nitrogens with one attached hydrogen (secondary N) is 1. The number of carboxylic acid groups (broad SMARTS) is 1. The minimum Gasteiger partial charge on any atom is -0.484 e. The van der Waals surface area contributed by atoms with E-state index in [1.165, 1.54) is 6.07 Å². The second kappa shape index (κ2) is 8.51.